The van der Waals surface area contributed by atoms with Gasteiger partial charge in [-0.15, -0.1) is 0 Å². The van der Waals surface area contributed by atoms with Gasteiger partial charge < -0.3 is 4.42 Å². The third-order valence-corrected chi connectivity index (χ3v) is 13.3. The van der Waals surface area contributed by atoms with Gasteiger partial charge in [-0.1, -0.05) is 157 Å². The number of fused-ring (bicyclic) bond motifs is 17. The number of aromatic nitrogens is 3. The first-order valence-electron chi connectivity index (χ1n) is 19.0. The average Bonchev–Trinajstić information content (AvgIpc) is 3.90. The molecule has 0 atom stereocenters. The zero-order valence-corrected chi connectivity index (χ0v) is 30.7. The van der Waals surface area contributed by atoms with Crippen molar-refractivity contribution >= 4 is 66.4 Å². The molecule has 3 aromatic heterocycles. The summed E-state index contributed by atoms with van der Waals surface area (Å²) in [7, 11) is 0. The lowest BCUT2D eigenvalue weighted by Gasteiger charge is -2.40. The fourth-order valence-corrected chi connectivity index (χ4v) is 11.1. The van der Waals surface area contributed by atoms with Gasteiger partial charge in [0.05, 0.1) is 16.4 Å². The Morgan fingerprint density at radius 1 is 0.518 bits per heavy atom. The van der Waals surface area contributed by atoms with E-state index in [0.29, 0.717) is 11.5 Å². The van der Waals surface area contributed by atoms with Gasteiger partial charge in [0, 0.05) is 31.5 Å². The average molecular weight is 732 g/mol. The molecule has 4 heterocycles. The molecule has 0 radical (unpaired) electrons. The number of para-hydroxylation sites is 2. The summed E-state index contributed by atoms with van der Waals surface area (Å²) in [4.78, 5) is 13.5. The highest BCUT2D eigenvalue weighted by atomic mass is 32.2. The fraction of sp³-hybridized carbons (Fsp3) is 0.0196. The molecular weight excluding hydrogens is 703 g/mol. The van der Waals surface area contributed by atoms with Gasteiger partial charge in [-0.05, 0) is 74.5 Å². The molecule has 0 fully saturated rings. The second-order valence-electron chi connectivity index (χ2n) is 14.8. The third kappa shape index (κ3) is 3.85. The van der Waals surface area contributed by atoms with Crippen LogP contribution in [-0.2, 0) is 5.41 Å². The van der Waals surface area contributed by atoms with Crippen molar-refractivity contribution in [2.75, 3.05) is 0 Å². The number of furan rings is 1. The van der Waals surface area contributed by atoms with Gasteiger partial charge in [-0.25, -0.2) is 9.97 Å². The van der Waals surface area contributed by atoms with E-state index in [1.165, 1.54) is 59.3 Å². The Kier molecular flexibility index (Phi) is 6.00. The van der Waals surface area contributed by atoms with E-state index in [0.717, 1.165) is 44.2 Å². The van der Waals surface area contributed by atoms with Gasteiger partial charge in [0.15, 0.2) is 5.58 Å². The molecule has 11 aromatic rings. The third-order valence-electron chi connectivity index (χ3n) is 12.1. The molecule has 0 N–H and O–H groups in total. The van der Waals surface area contributed by atoms with Crippen molar-refractivity contribution < 1.29 is 4.42 Å². The van der Waals surface area contributed by atoms with E-state index in [4.69, 9.17) is 14.4 Å². The Morgan fingerprint density at radius 2 is 1.20 bits per heavy atom. The van der Waals surface area contributed by atoms with Gasteiger partial charge >= 0.3 is 0 Å². The molecular formula is C51H29N3OS. The summed E-state index contributed by atoms with van der Waals surface area (Å²) in [5, 5.41) is 5.64. The standard InChI is InChI=1S/C51H29N3OS/c1-2-14-31-29-32(26-25-30(31)13-1)45-48-46(37-18-6-11-23-43(37)55-48)53-50(52-45)54-42-22-10-5-17-35(42)36-27-28-41-49(47(36)54)56-44-24-12-9-21-40(44)51(41)38-19-7-3-15-33(38)34-16-4-8-20-39(34)51/h1-29H. The predicted molar refractivity (Wildman–Crippen MR) is 228 cm³/mol. The van der Waals surface area contributed by atoms with Crippen molar-refractivity contribution in [3.8, 4) is 28.3 Å². The monoisotopic (exact) mass is 731 g/mol. The molecule has 260 valence electrons. The van der Waals surface area contributed by atoms with E-state index in [1.807, 2.05) is 23.9 Å². The summed E-state index contributed by atoms with van der Waals surface area (Å²) >= 11 is 1.86. The Morgan fingerprint density at radius 3 is 2.04 bits per heavy atom. The maximum absolute atomic E-state index is 6.62. The van der Waals surface area contributed by atoms with Crippen LogP contribution in [0.25, 0.3) is 83.0 Å². The van der Waals surface area contributed by atoms with Crippen LogP contribution < -0.4 is 0 Å². The molecule has 0 bridgehead atoms. The maximum atomic E-state index is 6.62. The van der Waals surface area contributed by atoms with Crippen molar-refractivity contribution in [3.05, 3.63) is 198 Å². The van der Waals surface area contributed by atoms with Crippen molar-refractivity contribution in [1.82, 2.24) is 14.5 Å². The SMILES string of the molecule is c1ccc2c(c1)Sc1c(ccc3c4ccccc4n(-c4nc(-c5ccc6ccccc6c5)c5oc6ccccc6c5n4)c13)C21c2ccccc2-c2ccccc21. The first kappa shape index (κ1) is 30.4. The maximum Gasteiger partial charge on any atom is 0.236 e. The lowest BCUT2D eigenvalue weighted by Crippen LogP contribution is -2.32. The van der Waals surface area contributed by atoms with E-state index in [-0.39, 0.29) is 0 Å². The summed E-state index contributed by atoms with van der Waals surface area (Å²) < 4.78 is 8.93. The van der Waals surface area contributed by atoms with Crippen LogP contribution in [0.1, 0.15) is 22.3 Å². The summed E-state index contributed by atoms with van der Waals surface area (Å²) in [5.74, 6) is 0.618. The molecule has 13 rings (SSSR count). The Balaban J connectivity index is 1.18. The Hall–Kier alpha value is -6.95. The Bertz CT molecular complexity index is 3440. The molecule has 5 heteroatoms. The first-order chi connectivity index (χ1) is 27.8. The van der Waals surface area contributed by atoms with Crippen molar-refractivity contribution in [2.45, 2.75) is 15.2 Å². The molecule has 0 saturated carbocycles. The highest BCUT2D eigenvalue weighted by Gasteiger charge is 2.50. The van der Waals surface area contributed by atoms with Gasteiger partial charge in [0.2, 0.25) is 5.95 Å². The molecule has 8 aromatic carbocycles. The van der Waals surface area contributed by atoms with E-state index in [1.54, 1.807) is 0 Å². The lowest BCUT2D eigenvalue weighted by atomic mass is 9.67. The highest BCUT2D eigenvalue weighted by molar-refractivity contribution is 7.99. The summed E-state index contributed by atoms with van der Waals surface area (Å²) in [6.07, 6.45) is 0. The molecule has 1 aliphatic heterocycles. The quantitative estimate of drug-likeness (QED) is 0.178. The first-order valence-corrected chi connectivity index (χ1v) is 19.8. The van der Waals surface area contributed by atoms with Crippen LogP contribution in [-0.4, -0.2) is 14.5 Å². The van der Waals surface area contributed by atoms with Gasteiger partial charge in [-0.3, -0.25) is 4.57 Å². The van der Waals surface area contributed by atoms with Crippen LogP contribution in [0.15, 0.2) is 190 Å². The number of hydrogen-bond acceptors (Lipinski definition) is 4. The molecule has 4 nitrogen and oxygen atoms in total. The second-order valence-corrected chi connectivity index (χ2v) is 15.9. The van der Waals surface area contributed by atoms with Crippen LogP contribution >= 0.6 is 11.8 Å². The summed E-state index contributed by atoms with van der Waals surface area (Å²) in [6, 6.07) is 63.5. The second kappa shape index (κ2) is 11.1. The fourth-order valence-electron chi connectivity index (χ4n) is 9.78. The van der Waals surface area contributed by atoms with E-state index >= 15 is 0 Å². The highest BCUT2D eigenvalue weighted by Crippen LogP contribution is 2.63. The van der Waals surface area contributed by atoms with Crippen LogP contribution in [0, 0.1) is 0 Å². The van der Waals surface area contributed by atoms with E-state index in [2.05, 4.69) is 168 Å². The van der Waals surface area contributed by atoms with Gasteiger partial charge in [0.1, 0.15) is 16.8 Å². The van der Waals surface area contributed by atoms with Gasteiger partial charge in [-0.2, -0.15) is 0 Å². The number of rotatable bonds is 2. The van der Waals surface area contributed by atoms with Crippen molar-refractivity contribution in [2.24, 2.45) is 0 Å². The molecule has 1 spiro atoms. The molecule has 2 aliphatic rings. The van der Waals surface area contributed by atoms with Gasteiger partial charge in [0.25, 0.3) is 0 Å². The molecule has 1 aliphatic carbocycles. The van der Waals surface area contributed by atoms with Crippen molar-refractivity contribution in [1.29, 1.82) is 0 Å². The zero-order valence-electron chi connectivity index (χ0n) is 29.9. The minimum absolute atomic E-state index is 0.498. The van der Waals surface area contributed by atoms with Crippen LogP contribution in [0.4, 0.5) is 0 Å². The normalized spacial score (nSPS) is 13.8. The number of nitrogens with zero attached hydrogens (tertiary/aromatic N) is 3. The molecule has 0 unspecified atom stereocenters. The van der Waals surface area contributed by atoms with Crippen LogP contribution in [0.2, 0.25) is 0 Å². The molecule has 0 amide bonds. The van der Waals surface area contributed by atoms with Crippen LogP contribution in [0.3, 0.4) is 0 Å². The Labute approximate surface area is 325 Å². The van der Waals surface area contributed by atoms with E-state index < -0.39 is 5.41 Å². The van der Waals surface area contributed by atoms with Crippen molar-refractivity contribution in [3.63, 3.8) is 0 Å². The lowest BCUT2D eigenvalue weighted by molar-refractivity contribution is 0.666. The topological polar surface area (TPSA) is 43.9 Å². The minimum atomic E-state index is -0.498. The number of benzene rings is 8. The predicted octanol–water partition coefficient (Wildman–Crippen LogP) is 13.1. The largest absolute Gasteiger partial charge is 0.452 e. The smallest absolute Gasteiger partial charge is 0.236 e. The zero-order chi connectivity index (χ0) is 36.5. The molecule has 0 saturated heterocycles. The molecule has 56 heavy (non-hydrogen) atoms. The van der Waals surface area contributed by atoms with Crippen LogP contribution in [0.5, 0.6) is 0 Å². The summed E-state index contributed by atoms with van der Waals surface area (Å²) in [6.45, 7) is 0. The minimum Gasteiger partial charge on any atom is -0.452 e. The summed E-state index contributed by atoms with van der Waals surface area (Å²) in [5.41, 5.74) is 13.5. The number of hydrogen-bond donors (Lipinski definition) is 0. The van der Waals surface area contributed by atoms with E-state index in [9.17, 15) is 0 Å².